The molecular formula is C20H27N5O3S. The molecule has 3 rings (SSSR count). The number of hydrogen-bond acceptors (Lipinski definition) is 5. The van der Waals surface area contributed by atoms with Crippen LogP contribution in [0, 0.1) is 18.3 Å². The SMILES string of the molecule is C#CCOc1ccc(N=[N+]=[N-])cc1S(=O)(=O)N1CCC(N2CCC(C)CC2)CC1. The average molecular weight is 418 g/mol. The molecule has 8 nitrogen and oxygen atoms in total. The molecule has 0 unspecified atom stereocenters. The van der Waals surface area contributed by atoms with Gasteiger partial charge in [0.25, 0.3) is 0 Å². The van der Waals surface area contributed by atoms with Crippen molar-refractivity contribution in [2.75, 3.05) is 32.8 Å². The predicted octanol–water partition coefficient (Wildman–Crippen LogP) is 3.53. The van der Waals surface area contributed by atoms with Gasteiger partial charge in [-0.05, 0) is 68.4 Å². The summed E-state index contributed by atoms with van der Waals surface area (Å²) in [6, 6.07) is 4.77. The number of ether oxygens (including phenoxy) is 1. The quantitative estimate of drug-likeness (QED) is 0.306. The highest BCUT2D eigenvalue weighted by Gasteiger charge is 2.34. The third-order valence-electron chi connectivity index (χ3n) is 5.77. The molecular weight excluding hydrogens is 390 g/mol. The summed E-state index contributed by atoms with van der Waals surface area (Å²) < 4.78 is 33.5. The number of nitrogens with zero attached hydrogens (tertiary/aromatic N) is 5. The lowest BCUT2D eigenvalue weighted by molar-refractivity contribution is 0.101. The Morgan fingerprint density at radius 2 is 1.93 bits per heavy atom. The fourth-order valence-corrected chi connectivity index (χ4v) is 5.65. The molecule has 0 radical (unpaired) electrons. The van der Waals surface area contributed by atoms with Crippen LogP contribution < -0.4 is 4.74 Å². The van der Waals surface area contributed by atoms with Gasteiger partial charge < -0.3 is 9.64 Å². The molecule has 2 saturated heterocycles. The molecule has 2 aliphatic rings. The van der Waals surface area contributed by atoms with Gasteiger partial charge in [-0.2, -0.15) is 4.31 Å². The zero-order valence-corrected chi connectivity index (χ0v) is 17.5. The molecule has 156 valence electrons. The first-order valence-electron chi connectivity index (χ1n) is 9.95. The van der Waals surface area contributed by atoms with Crippen molar-refractivity contribution in [2.45, 2.75) is 43.5 Å². The molecule has 0 atom stereocenters. The largest absolute Gasteiger partial charge is 0.480 e. The summed E-state index contributed by atoms with van der Waals surface area (Å²) in [5, 5.41) is 3.52. The van der Waals surface area contributed by atoms with Crippen LogP contribution in [0.1, 0.15) is 32.6 Å². The van der Waals surface area contributed by atoms with Crippen LogP contribution in [-0.4, -0.2) is 56.5 Å². The topological polar surface area (TPSA) is 98.6 Å². The molecule has 0 saturated carbocycles. The Labute approximate surface area is 172 Å². The summed E-state index contributed by atoms with van der Waals surface area (Å²) in [7, 11) is -3.79. The maximum absolute atomic E-state index is 13.3. The van der Waals surface area contributed by atoms with Crippen LogP contribution in [0.5, 0.6) is 5.75 Å². The van der Waals surface area contributed by atoms with E-state index in [0.717, 1.165) is 31.8 Å². The van der Waals surface area contributed by atoms with E-state index in [4.69, 9.17) is 16.7 Å². The molecule has 2 heterocycles. The van der Waals surface area contributed by atoms with Crippen molar-refractivity contribution in [3.8, 4) is 18.1 Å². The molecule has 1 aromatic carbocycles. The van der Waals surface area contributed by atoms with Crippen LogP contribution in [0.4, 0.5) is 5.69 Å². The number of terminal acetylenes is 1. The monoisotopic (exact) mass is 417 g/mol. The van der Waals surface area contributed by atoms with Gasteiger partial charge in [0.05, 0.1) is 0 Å². The summed E-state index contributed by atoms with van der Waals surface area (Å²) in [6.07, 6.45) is 9.28. The molecule has 9 heteroatoms. The predicted molar refractivity (Wildman–Crippen MR) is 111 cm³/mol. The normalized spacial score (nSPS) is 20.0. The number of azide groups is 1. The van der Waals surface area contributed by atoms with Crippen molar-refractivity contribution in [3.63, 3.8) is 0 Å². The number of sulfonamides is 1. The zero-order valence-electron chi connectivity index (χ0n) is 16.7. The Morgan fingerprint density at radius 3 is 2.55 bits per heavy atom. The van der Waals surface area contributed by atoms with Gasteiger partial charge in [0.2, 0.25) is 10.0 Å². The van der Waals surface area contributed by atoms with E-state index in [9.17, 15) is 8.42 Å². The minimum absolute atomic E-state index is 0.0112. The highest BCUT2D eigenvalue weighted by molar-refractivity contribution is 7.89. The molecule has 1 aromatic rings. The third-order valence-corrected chi connectivity index (χ3v) is 7.69. The summed E-state index contributed by atoms with van der Waals surface area (Å²) in [5.41, 5.74) is 8.90. The Hall–Kier alpha value is -2.24. The lowest BCUT2D eigenvalue weighted by Gasteiger charge is -2.41. The van der Waals surface area contributed by atoms with Gasteiger partial charge in [-0.15, -0.1) is 6.42 Å². The number of benzene rings is 1. The second kappa shape index (κ2) is 9.51. The lowest BCUT2D eigenvalue weighted by Crippen LogP contribution is -2.48. The standard InChI is InChI=1S/C20H27N5O3S/c1-3-14-28-19-5-4-17(22-23-21)15-20(19)29(26,27)25-12-8-18(9-13-25)24-10-6-16(2)7-11-24/h1,4-5,15-16,18H,6-14H2,2H3. The molecule has 0 bridgehead atoms. The van der Waals surface area contributed by atoms with E-state index in [-0.39, 0.29) is 22.9 Å². The third kappa shape index (κ3) is 5.03. The van der Waals surface area contributed by atoms with Crippen molar-refractivity contribution in [1.82, 2.24) is 9.21 Å². The maximum Gasteiger partial charge on any atom is 0.246 e. The Kier molecular flexibility index (Phi) is 7.04. The van der Waals surface area contributed by atoms with Crippen molar-refractivity contribution in [3.05, 3.63) is 28.6 Å². The fourth-order valence-electron chi connectivity index (χ4n) is 4.03. The van der Waals surface area contributed by atoms with Crippen LogP contribution in [0.2, 0.25) is 0 Å². The highest BCUT2D eigenvalue weighted by atomic mass is 32.2. The summed E-state index contributed by atoms with van der Waals surface area (Å²) in [6.45, 7) is 5.35. The number of hydrogen-bond donors (Lipinski definition) is 0. The smallest absolute Gasteiger partial charge is 0.246 e. The van der Waals surface area contributed by atoms with Gasteiger partial charge in [-0.25, -0.2) is 8.42 Å². The minimum atomic E-state index is -3.79. The number of piperidine rings is 2. The van der Waals surface area contributed by atoms with Crippen molar-refractivity contribution < 1.29 is 13.2 Å². The molecule has 2 fully saturated rings. The maximum atomic E-state index is 13.3. The first-order valence-corrected chi connectivity index (χ1v) is 11.4. The van der Waals surface area contributed by atoms with Gasteiger partial charge in [-0.3, -0.25) is 0 Å². The summed E-state index contributed by atoms with van der Waals surface area (Å²) in [4.78, 5) is 5.23. The second-order valence-electron chi connectivity index (χ2n) is 7.67. The van der Waals surface area contributed by atoms with Crippen LogP contribution in [-0.2, 0) is 10.0 Å². The molecule has 0 amide bonds. The molecule has 2 aliphatic heterocycles. The van der Waals surface area contributed by atoms with E-state index in [1.807, 2.05) is 0 Å². The van der Waals surface area contributed by atoms with Gasteiger partial charge in [0, 0.05) is 29.7 Å². The Bertz CT molecular complexity index is 905. The van der Waals surface area contributed by atoms with E-state index in [0.29, 0.717) is 19.1 Å². The van der Waals surface area contributed by atoms with Crippen LogP contribution >= 0.6 is 0 Å². The zero-order chi connectivity index (χ0) is 20.9. The number of rotatable bonds is 6. The van der Waals surface area contributed by atoms with Crippen LogP contribution in [0.3, 0.4) is 0 Å². The van der Waals surface area contributed by atoms with Crippen LogP contribution in [0.25, 0.3) is 10.4 Å². The first kappa shape index (κ1) is 21.5. The van der Waals surface area contributed by atoms with E-state index < -0.39 is 10.0 Å². The van der Waals surface area contributed by atoms with E-state index in [1.165, 1.54) is 35.3 Å². The fraction of sp³-hybridized carbons (Fsp3) is 0.600. The van der Waals surface area contributed by atoms with Crippen LogP contribution in [0.15, 0.2) is 28.2 Å². The Morgan fingerprint density at radius 1 is 1.24 bits per heavy atom. The van der Waals surface area contributed by atoms with Gasteiger partial charge in [0.1, 0.15) is 17.3 Å². The molecule has 0 N–H and O–H groups in total. The van der Waals surface area contributed by atoms with Gasteiger partial charge in [0.15, 0.2) is 0 Å². The molecule has 0 aromatic heterocycles. The van der Waals surface area contributed by atoms with E-state index >= 15 is 0 Å². The highest BCUT2D eigenvalue weighted by Crippen LogP contribution is 2.33. The van der Waals surface area contributed by atoms with Crippen molar-refractivity contribution in [2.24, 2.45) is 11.0 Å². The van der Waals surface area contributed by atoms with Crippen molar-refractivity contribution >= 4 is 15.7 Å². The summed E-state index contributed by atoms with van der Waals surface area (Å²) >= 11 is 0. The second-order valence-corrected chi connectivity index (χ2v) is 9.57. The van der Waals surface area contributed by atoms with Gasteiger partial charge in [-0.1, -0.05) is 18.0 Å². The number of likely N-dealkylation sites (tertiary alicyclic amines) is 1. The molecule has 29 heavy (non-hydrogen) atoms. The minimum Gasteiger partial charge on any atom is -0.480 e. The lowest BCUT2D eigenvalue weighted by atomic mass is 9.95. The van der Waals surface area contributed by atoms with Crippen molar-refractivity contribution in [1.29, 1.82) is 0 Å². The average Bonchev–Trinajstić information content (AvgIpc) is 2.73. The first-order chi connectivity index (χ1) is 14.0. The summed E-state index contributed by atoms with van der Waals surface area (Å²) in [5.74, 6) is 3.29. The van der Waals surface area contributed by atoms with E-state index in [2.05, 4.69) is 27.8 Å². The molecule has 0 spiro atoms. The molecule has 0 aliphatic carbocycles. The Balaban J connectivity index is 1.76. The van der Waals surface area contributed by atoms with E-state index in [1.54, 1.807) is 0 Å². The van der Waals surface area contributed by atoms with Gasteiger partial charge >= 0.3 is 0 Å².